The van der Waals surface area contributed by atoms with E-state index >= 15 is 0 Å². The van der Waals surface area contributed by atoms with Crippen LogP contribution in [-0.4, -0.2) is 68.9 Å². The summed E-state index contributed by atoms with van der Waals surface area (Å²) in [5.74, 6) is 1.23. The molecule has 154 valence electrons. The minimum absolute atomic E-state index is 0.00200. The summed E-state index contributed by atoms with van der Waals surface area (Å²) in [4.78, 5) is 8.89. The van der Waals surface area contributed by atoms with Gasteiger partial charge in [-0.2, -0.15) is 4.31 Å². The number of hydrogen-bond donors (Lipinski definition) is 2. The van der Waals surface area contributed by atoms with Gasteiger partial charge in [0.2, 0.25) is 16.0 Å². The number of fused-ring (bicyclic) bond motifs is 1. The minimum Gasteiger partial charge on any atom is -0.390 e. The molecule has 2 aromatic heterocycles. The van der Waals surface area contributed by atoms with Crippen molar-refractivity contribution in [2.45, 2.75) is 56.6 Å². The highest BCUT2D eigenvalue weighted by molar-refractivity contribution is 7.88. The number of aromatic nitrogens is 4. The van der Waals surface area contributed by atoms with E-state index < -0.39 is 16.1 Å². The number of nitrogens with zero attached hydrogens (tertiary/aromatic N) is 5. The van der Waals surface area contributed by atoms with Crippen molar-refractivity contribution in [1.82, 2.24) is 23.9 Å². The van der Waals surface area contributed by atoms with Crippen LogP contribution in [0.5, 0.6) is 0 Å². The van der Waals surface area contributed by atoms with E-state index in [2.05, 4.69) is 27.3 Å². The third-order valence-corrected chi connectivity index (χ3v) is 7.69. The normalized spacial score (nSPS) is 25.6. The number of halogens is 1. The van der Waals surface area contributed by atoms with E-state index in [1.807, 2.05) is 0 Å². The van der Waals surface area contributed by atoms with Gasteiger partial charge in [-0.25, -0.2) is 22.9 Å². The molecule has 9 nitrogen and oxygen atoms in total. The lowest BCUT2D eigenvalue weighted by atomic mass is 9.66. The van der Waals surface area contributed by atoms with Crippen LogP contribution in [0.4, 0.5) is 5.95 Å². The molecule has 1 aliphatic heterocycles. The summed E-state index contributed by atoms with van der Waals surface area (Å²) in [6, 6.07) is -0.332. The van der Waals surface area contributed by atoms with E-state index in [-0.39, 0.29) is 18.0 Å². The Morgan fingerprint density at radius 3 is 2.75 bits per heavy atom. The number of sulfonamides is 1. The van der Waals surface area contributed by atoms with Crippen molar-refractivity contribution in [1.29, 1.82) is 0 Å². The highest BCUT2D eigenvalue weighted by Gasteiger charge is 2.41. The SMILES string of the molecule is CCC1(c2nc(Cl)c3cnc(N[C@@H]4CCN(S(C)(=O)=O)C[C@@H]4O)nn23)CCC1. The molecule has 0 aromatic carbocycles. The topological polar surface area (TPSA) is 113 Å². The van der Waals surface area contributed by atoms with Crippen LogP contribution < -0.4 is 5.32 Å². The Balaban J connectivity index is 1.59. The fraction of sp³-hybridized carbons (Fsp3) is 0.706. The van der Waals surface area contributed by atoms with Crippen LogP contribution in [0.15, 0.2) is 6.20 Å². The molecule has 4 rings (SSSR count). The predicted molar refractivity (Wildman–Crippen MR) is 106 cm³/mol. The van der Waals surface area contributed by atoms with Gasteiger partial charge in [-0.05, 0) is 25.7 Å². The number of piperidine rings is 1. The van der Waals surface area contributed by atoms with Crippen molar-refractivity contribution in [2.75, 3.05) is 24.7 Å². The van der Waals surface area contributed by atoms with Gasteiger partial charge < -0.3 is 10.4 Å². The number of aliphatic hydroxyl groups is 1. The molecule has 1 saturated carbocycles. The van der Waals surface area contributed by atoms with E-state index in [0.29, 0.717) is 29.6 Å². The number of hydrogen-bond acceptors (Lipinski definition) is 7. The van der Waals surface area contributed by atoms with Gasteiger partial charge in [-0.3, -0.25) is 0 Å². The summed E-state index contributed by atoms with van der Waals surface area (Å²) in [6.45, 7) is 2.55. The Labute approximate surface area is 169 Å². The molecular formula is C17H25ClN6O3S. The summed E-state index contributed by atoms with van der Waals surface area (Å²) in [5, 5.41) is 18.5. The smallest absolute Gasteiger partial charge is 0.241 e. The van der Waals surface area contributed by atoms with Gasteiger partial charge in [0.15, 0.2) is 5.15 Å². The predicted octanol–water partition coefficient (Wildman–Crippen LogP) is 1.42. The summed E-state index contributed by atoms with van der Waals surface area (Å²) in [7, 11) is -3.32. The van der Waals surface area contributed by atoms with E-state index in [1.165, 1.54) is 10.7 Å². The van der Waals surface area contributed by atoms with E-state index in [9.17, 15) is 13.5 Å². The van der Waals surface area contributed by atoms with Gasteiger partial charge in [0.25, 0.3) is 0 Å². The van der Waals surface area contributed by atoms with Crippen molar-refractivity contribution in [3.8, 4) is 0 Å². The second kappa shape index (κ2) is 7.08. The number of nitrogens with one attached hydrogen (secondary N) is 1. The maximum Gasteiger partial charge on any atom is 0.241 e. The van der Waals surface area contributed by atoms with E-state index in [4.69, 9.17) is 11.6 Å². The van der Waals surface area contributed by atoms with Gasteiger partial charge >= 0.3 is 0 Å². The average molecular weight is 429 g/mol. The monoisotopic (exact) mass is 428 g/mol. The first-order valence-electron chi connectivity index (χ1n) is 9.55. The van der Waals surface area contributed by atoms with Crippen LogP contribution in [0.3, 0.4) is 0 Å². The molecule has 0 amide bonds. The van der Waals surface area contributed by atoms with Crippen molar-refractivity contribution < 1.29 is 13.5 Å². The zero-order valence-corrected chi connectivity index (χ0v) is 17.5. The van der Waals surface area contributed by atoms with Gasteiger partial charge in [0.05, 0.1) is 24.6 Å². The third kappa shape index (κ3) is 3.36. The molecular weight excluding hydrogens is 404 g/mol. The van der Waals surface area contributed by atoms with Crippen LogP contribution in [0.2, 0.25) is 5.15 Å². The Morgan fingerprint density at radius 1 is 1.43 bits per heavy atom. The standard InChI is InChI=1S/C17H25ClN6O3S/c1-3-17(6-4-7-17)15-21-14(18)12-9-19-16(22-24(12)15)20-11-5-8-23(10-13(11)25)28(2,26)27/h9,11,13,25H,3-8,10H2,1-2H3,(H,20,22)/t11-,13+/m1/s1. The lowest BCUT2D eigenvalue weighted by Gasteiger charge is -2.39. The quantitative estimate of drug-likeness (QED) is 0.740. The Kier molecular flexibility index (Phi) is 5.01. The molecule has 0 unspecified atom stereocenters. The van der Waals surface area contributed by atoms with Gasteiger partial charge in [0.1, 0.15) is 11.3 Å². The third-order valence-electron chi connectivity index (χ3n) is 6.14. The lowest BCUT2D eigenvalue weighted by Crippen LogP contribution is -2.51. The fourth-order valence-corrected chi connectivity index (χ4v) is 5.21. The number of imidazole rings is 1. The van der Waals surface area contributed by atoms with Crippen molar-refractivity contribution in [3.63, 3.8) is 0 Å². The second-order valence-electron chi connectivity index (χ2n) is 7.82. The Morgan fingerprint density at radius 2 is 2.18 bits per heavy atom. The van der Waals surface area contributed by atoms with Crippen LogP contribution in [0.1, 0.15) is 44.9 Å². The molecule has 2 aromatic rings. The maximum absolute atomic E-state index is 11.7. The molecule has 2 atom stereocenters. The Bertz CT molecular complexity index is 985. The van der Waals surface area contributed by atoms with E-state index in [1.54, 1.807) is 10.7 Å². The van der Waals surface area contributed by atoms with Crippen LogP contribution in [0, 0.1) is 0 Å². The second-order valence-corrected chi connectivity index (χ2v) is 10.2. The molecule has 2 aliphatic rings. The fourth-order valence-electron chi connectivity index (χ4n) is 4.14. The molecule has 2 fully saturated rings. The number of anilines is 1. The van der Waals surface area contributed by atoms with Crippen LogP contribution in [0.25, 0.3) is 5.52 Å². The summed E-state index contributed by atoms with van der Waals surface area (Å²) in [6.07, 6.45) is 6.67. The summed E-state index contributed by atoms with van der Waals surface area (Å²) < 4.78 is 26.4. The van der Waals surface area contributed by atoms with Crippen LogP contribution in [-0.2, 0) is 15.4 Å². The average Bonchev–Trinajstić information content (AvgIpc) is 2.92. The van der Waals surface area contributed by atoms with Crippen LogP contribution >= 0.6 is 11.6 Å². The zero-order valence-electron chi connectivity index (χ0n) is 16.0. The Hall–Kier alpha value is -1.49. The van der Waals surface area contributed by atoms with Crippen molar-refractivity contribution in [3.05, 3.63) is 17.2 Å². The molecule has 1 saturated heterocycles. The molecule has 3 heterocycles. The van der Waals surface area contributed by atoms with Crippen molar-refractivity contribution in [2.24, 2.45) is 0 Å². The number of rotatable bonds is 5. The van der Waals surface area contributed by atoms with Crippen molar-refractivity contribution >= 4 is 33.1 Å². The molecule has 0 radical (unpaired) electrons. The first-order valence-corrected chi connectivity index (χ1v) is 11.8. The van der Waals surface area contributed by atoms with E-state index in [0.717, 1.165) is 31.3 Å². The molecule has 1 aliphatic carbocycles. The highest BCUT2D eigenvalue weighted by atomic mass is 35.5. The highest BCUT2D eigenvalue weighted by Crippen LogP contribution is 2.46. The molecule has 2 N–H and O–H groups in total. The lowest BCUT2D eigenvalue weighted by molar-refractivity contribution is 0.0950. The summed E-state index contributed by atoms with van der Waals surface area (Å²) >= 11 is 6.31. The first kappa shape index (κ1) is 19.8. The van der Waals surface area contributed by atoms with Gasteiger partial charge in [-0.15, -0.1) is 5.10 Å². The van der Waals surface area contributed by atoms with Gasteiger partial charge in [0, 0.05) is 18.5 Å². The molecule has 11 heteroatoms. The summed E-state index contributed by atoms with van der Waals surface area (Å²) in [5.41, 5.74) is 0.663. The number of β-amino-alcohol motifs (C(OH)–C–C–N with tert-alkyl or cyclic N) is 1. The molecule has 0 bridgehead atoms. The van der Waals surface area contributed by atoms with Gasteiger partial charge in [-0.1, -0.05) is 24.9 Å². The molecule has 0 spiro atoms. The largest absolute Gasteiger partial charge is 0.390 e. The maximum atomic E-state index is 11.7. The minimum atomic E-state index is -3.32. The first-order chi connectivity index (χ1) is 13.2. The molecule has 28 heavy (non-hydrogen) atoms. The number of aliphatic hydroxyl groups excluding tert-OH is 1. The zero-order chi connectivity index (χ0) is 20.1.